The molecule has 12 heteroatoms. The third-order valence-electron chi connectivity index (χ3n) is 5.28. The van der Waals surface area contributed by atoms with Crippen molar-refractivity contribution in [2.24, 2.45) is 5.16 Å². The molecule has 2 aromatic heterocycles. The molecule has 3 aromatic rings. The Hall–Kier alpha value is -3.47. The Morgan fingerprint density at radius 3 is 2.53 bits per heavy atom. The van der Waals surface area contributed by atoms with E-state index in [1.54, 1.807) is 34.9 Å². The minimum atomic E-state index is -5.09. The van der Waals surface area contributed by atoms with Crippen LogP contribution in [-0.2, 0) is 21.4 Å². The number of nitrogens with one attached hydrogen (secondary N) is 1. The van der Waals surface area contributed by atoms with Crippen molar-refractivity contribution >= 4 is 41.0 Å². The highest BCUT2D eigenvalue weighted by atomic mass is 35.5. The first-order valence-electron chi connectivity index (χ1n) is 9.63. The molecule has 178 valence electrons. The Balaban J connectivity index is 1.67. The van der Waals surface area contributed by atoms with E-state index in [0.717, 1.165) is 6.07 Å². The molecule has 0 saturated carbocycles. The number of hydrogen-bond acceptors (Lipinski definition) is 3. The fraction of sp³-hybridized carbons (Fsp3) is 0.182. The molecule has 4 rings (SSSR count). The highest BCUT2D eigenvalue weighted by Gasteiger charge is 2.62. The third-order valence-corrected chi connectivity index (χ3v) is 5.50. The van der Waals surface area contributed by atoms with Gasteiger partial charge < -0.3 is 14.6 Å². The fourth-order valence-corrected chi connectivity index (χ4v) is 3.90. The average Bonchev–Trinajstić information content (AvgIpc) is 3.40. The molecule has 0 bridgehead atoms. The molecule has 3 heterocycles. The average molecular weight is 502 g/mol. The van der Waals surface area contributed by atoms with Crippen molar-refractivity contribution in [3.63, 3.8) is 0 Å². The van der Waals surface area contributed by atoms with E-state index in [9.17, 15) is 31.1 Å². The molecule has 1 aliphatic rings. The topological polar surface area (TPSA) is 55.1 Å². The van der Waals surface area contributed by atoms with E-state index in [0.29, 0.717) is 35.4 Å². The van der Waals surface area contributed by atoms with Crippen LogP contribution in [0.15, 0.2) is 59.9 Å². The number of alkyl halides is 6. The summed E-state index contributed by atoms with van der Waals surface area (Å²) < 4.78 is 83.5. The van der Waals surface area contributed by atoms with Crippen molar-refractivity contribution < 1.29 is 36.0 Å². The minimum absolute atomic E-state index is 0.138. The zero-order valence-electron chi connectivity index (χ0n) is 16.9. The molecule has 0 saturated heterocycles. The second kappa shape index (κ2) is 8.39. The van der Waals surface area contributed by atoms with Gasteiger partial charge in [0.1, 0.15) is 0 Å². The van der Waals surface area contributed by atoms with Crippen molar-refractivity contribution in [1.82, 2.24) is 4.40 Å². The molecule has 34 heavy (non-hydrogen) atoms. The number of oxime groups is 1. The largest absolute Gasteiger partial charge is 0.435 e. The van der Waals surface area contributed by atoms with Crippen LogP contribution in [0, 0.1) is 0 Å². The van der Waals surface area contributed by atoms with E-state index in [-0.39, 0.29) is 5.71 Å². The van der Waals surface area contributed by atoms with E-state index in [2.05, 4.69) is 10.5 Å². The van der Waals surface area contributed by atoms with Crippen molar-refractivity contribution in [3.05, 3.63) is 76.6 Å². The fourth-order valence-electron chi connectivity index (χ4n) is 3.67. The molecular formula is C22H14ClF6N3O2. The number of hydrogen-bond donors (Lipinski definition) is 1. The molecule has 0 radical (unpaired) electrons. The molecular weight excluding hydrogens is 488 g/mol. The van der Waals surface area contributed by atoms with Crippen LogP contribution in [0.25, 0.3) is 11.6 Å². The van der Waals surface area contributed by atoms with Crippen LogP contribution in [0.4, 0.5) is 32.0 Å². The van der Waals surface area contributed by atoms with Crippen LogP contribution in [0.3, 0.4) is 0 Å². The lowest BCUT2D eigenvalue weighted by Crippen LogP contribution is -2.42. The number of carbonyl (C=O) groups excluding carboxylic acids is 1. The summed E-state index contributed by atoms with van der Waals surface area (Å²) in [6.07, 6.45) is -5.89. The maximum absolute atomic E-state index is 14.1. The maximum atomic E-state index is 14.1. The van der Waals surface area contributed by atoms with Crippen LogP contribution in [0.1, 0.15) is 23.2 Å². The Bertz CT molecular complexity index is 1310. The van der Waals surface area contributed by atoms with Gasteiger partial charge in [0.05, 0.1) is 22.5 Å². The summed E-state index contributed by atoms with van der Waals surface area (Å²) >= 11 is 5.70. The summed E-state index contributed by atoms with van der Waals surface area (Å²) in [7, 11) is 0. The number of aromatic nitrogens is 1. The van der Waals surface area contributed by atoms with Crippen LogP contribution >= 0.6 is 11.6 Å². The van der Waals surface area contributed by atoms with Crippen molar-refractivity contribution in [1.29, 1.82) is 0 Å². The van der Waals surface area contributed by atoms with E-state index in [1.165, 1.54) is 12.2 Å². The van der Waals surface area contributed by atoms with Gasteiger partial charge in [-0.2, -0.15) is 26.3 Å². The molecule has 0 spiro atoms. The molecule has 1 unspecified atom stereocenters. The van der Waals surface area contributed by atoms with Crippen molar-refractivity contribution in [3.8, 4) is 0 Å². The number of halogens is 7. The summed E-state index contributed by atoms with van der Waals surface area (Å²) in [5, 5.41) is 5.53. The van der Waals surface area contributed by atoms with E-state index in [4.69, 9.17) is 16.4 Å². The number of carbonyl (C=O) groups is 1. The van der Waals surface area contributed by atoms with Gasteiger partial charge in [0.25, 0.3) is 5.60 Å². The lowest BCUT2D eigenvalue weighted by Gasteiger charge is -2.30. The van der Waals surface area contributed by atoms with Crippen molar-refractivity contribution in [2.45, 2.75) is 24.4 Å². The van der Waals surface area contributed by atoms with Crippen LogP contribution in [0.2, 0.25) is 5.02 Å². The Labute approximate surface area is 193 Å². The number of rotatable bonds is 5. The van der Waals surface area contributed by atoms with Crippen molar-refractivity contribution in [2.75, 3.05) is 5.32 Å². The number of amides is 1. The number of fused-ring (bicyclic) bond motifs is 1. The Kier molecular flexibility index (Phi) is 5.84. The Morgan fingerprint density at radius 1 is 1.09 bits per heavy atom. The van der Waals surface area contributed by atoms with E-state index >= 15 is 0 Å². The molecule has 1 amide bonds. The van der Waals surface area contributed by atoms with Crippen LogP contribution in [-0.4, -0.2) is 22.7 Å². The van der Waals surface area contributed by atoms with Gasteiger partial charge in [-0.1, -0.05) is 16.8 Å². The summed E-state index contributed by atoms with van der Waals surface area (Å²) in [4.78, 5) is 15.5. The molecule has 0 aliphatic carbocycles. The smallest absolute Gasteiger partial charge is 0.374 e. The summed E-state index contributed by atoms with van der Waals surface area (Å²) in [6, 6.07) is 8.36. The first kappa shape index (κ1) is 23.7. The van der Waals surface area contributed by atoms with Gasteiger partial charge >= 0.3 is 12.4 Å². The molecule has 1 aromatic carbocycles. The number of pyridine rings is 1. The van der Waals surface area contributed by atoms with E-state index < -0.39 is 40.5 Å². The third kappa shape index (κ3) is 4.23. The van der Waals surface area contributed by atoms with Gasteiger partial charge in [-0.15, -0.1) is 0 Å². The summed E-state index contributed by atoms with van der Waals surface area (Å²) in [5.74, 6) is 0. The zero-order valence-corrected chi connectivity index (χ0v) is 17.7. The molecule has 1 atom stereocenters. The van der Waals surface area contributed by atoms with Gasteiger partial charge in [0, 0.05) is 28.9 Å². The molecule has 1 aliphatic heterocycles. The highest BCUT2D eigenvalue weighted by molar-refractivity contribution is 6.30. The van der Waals surface area contributed by atoms with E-state index in [1.807, 2.05) is 0 Å². The van der Waals surface area contributed by atoms with Gasteiger partial charge in [0.15, 0.2) is 0 Å². The first-order valence-corrected chi connectivity index (χ1v) is 10.0. The van der Waals surface area contributed by atoms with Gasteiger partial charge in [0.2, 0.25) is 6.41 Å². The molecule has 5 nitrogen and oxygen atoms in total. The quantitative estimate of drug-likeness (QED) is 0.324. The predicted octanol–water partition coefficient (Wildman–Crippen LogP) is 6.43. The van der Waals surface area contributed by atoms with Gasteiger partial charge in [-0.25, -0.2) is 0 Å². The van der Waals surface area contributed by atoms with Gasteiger partial charge in [-0.05, 0) is 54.6 Å². The standard InChI is InChI=1S/C22H14ClF6N3O2/c23-15-9-13(8-14(10-15)21(24,25)26)20(22(27,28)29)11-16(31-34-20)3-4-17-5-6-18(30-12-33)19-2-1-7-32(17)19/h1-10,12H,11H2,(H,30,33). The Morgan fingerprint density at radius 2 is 1.85 bits per heavy atom. The second-order valence-corrected chi connectivity index (χ2v) is 7.87. The second-order valence-electron chi connectivity index (χ2n) is 7.43. The number of benzene rings is 1. The predicted molar refractivity (Wildman–Crippen MR) is 113 cm³/mol. The number of anilines is 1. The minimum Gasteiger partial charge on any atom is -0.374 e. The first-order chi connectivity index (χ1) is 15.9. The summed E-state index contributed by atoms with van der Waals surface area (Å²) in [5.41, 5.74) is -3.68. The SMILES string of the molecule is O=CNc1ccc(C=CC2=NOC(c3cc(Cl)cc(C(F)(F)F)c3)(C(F)(F)F)C2)n2cccc12. The lowest BCUT2D eigenvalue weighted by atomic mass is 9.87. The zero-order chi connectivity index (χ0) is 24.7. The molecule has 0 fully saturated rings. The summed E-state index contributed by atoms with van der Waals surface area (Å²) in [6.45, 7) is 0. The van der Waals surface area contributed by atoms with Crippen LogP contribution < -0.4 is 5.32 Å². The lowest BCUT2D eigenvalue weighted by molar-refractivity contribution is -0.276. The molecule has 1 N–H and O–H groups in total. The normalized spacial score (nSPS) is 18.9. The number of nitrogens with zero attached hydrogens (tertiary/aromatic N) is 2. The maximum Gasteiger partial charge on any atom is 0.435 e. The van der Waals surface area contributed by atoms with Gasteiger partial charge in [-0.3, -0.25) is 4.79 Å². The number of allylic oxidation sites excluding steroid dienone is 1. The monoisotopic (exact) mass is 501 g/mol. The van der Waals surface area contributed by atoms with Crippen LogP contribution in [0.5, 0.6) is 0 Å². The highest BCUT2D eigenvalue weighted by Crippen LogP contribution is 2.49.